The lowest BCUT2D eigenvalue weighted by Crippen LogP contribution is -2.55. The normalized spacial score (nSPS) is 31.1. The quantitative estimate of drug-likeness (QED) is 0.821. The van der Waals surface area contributed by atoms with Crippen LogP contribution in [0.4, 0.5) is 0 Å². The zero-order chi connectivity index (χ0) is 12.1. The van der Waals surface area contributed by atoms with Crippen molar-refractivity contribution in [2.45, 2.75) is 63.5 Å². The molecule has 0 aromatic rings. The van der Waals surface area contributed by atoms with Crippen LogP contribution in [0.2, 0.25) is 0 Å². The lowest BCUT2D eigenvalue weighted by atomic mass is 9.90. The van der Waals surface area contributed by atoms with E-state index in [1.165, 1.54) is 38.6 Å². The second kappa shape index (κ2) is 6.17. The maximum atomic E-state index is 6.54. The average molecular weight is 240 g/mol. The van der Waals surface area contributed by atoms with Gasteiger partial charge in [-0.2, -0.15) is 0 Å². The molecule has 0 saturated carbocycles. The van der Waals surface area contributed by atoms with Crippen molar-refractivity contribution < 1.29 is 4.74 Å². The van der Waals surface area contributed by atoms with Gasteiger partial charge in [0, 0.05) is 31.3 Å². The Bertz CT molecular complexity index is 226. The third-order valence-corrected chi connectivity index (χ3v) is 4.48. The van der Waals surface area contributed by atoms with Crippen LogP contribution in [0, 0.1) is 0 Å². The van der Waals surface area contributed by atoms with Crippen molar-refractivity contribution in [3.63, 3.8) is 0 Å². The van der Waals surface area contributed by atoms with Gasteiger partial charge in [-0.15, -0.1) is 0 Å². The fraction of sp³-hybridized carbons (Fsp3) is 1.00. The summed E-state index contributed by atoms with van der Waals surface area (Å²) in [4.78, 5) is 2.66. The Morgan fingerprint density at radius 2 is 2.00 bits per heavy atom. The molecule has 0 amide bonds. The van der Waals surface area contributed by atoms with Crippen molar-refractivity contribution in [2.75, 3.05) is 26.3 Å². The number of rotatable bonds is 3. The number of hydrogen-bond donors (Lipinski definition) is 1. The molecular weight excluding hydrogens is 212 g/mol. The van der Waals surface area contributed by atoms with Crippen molar-refractivity contribution >= 4 is 0 Å². The first-order chi connectivity index (χ1) is 8.23. The van der Waals surface area contributed by atoms with Crippen molar-refractivity contribution in [1.29, 1.82) is 0 Å². The van der Waals surface area contributed by atoms with Crippen LogP contribution in [0.1, 0.15) is 51.9 Å². The molecule has 1 unspecified atom stereocenters. The Balaban J connectivity index is 1.93. The highest BCUT2D eigenvalue weighted by molar-refractivity contribution is 4.91. The molecule has 0 radical (unpaired) electrons. The van der Waals surface area contributed by atoms with Gasteiger partial charge in [-0.3, -0.25) is 4.90 Å². The minimum atomic E-state index is 0.00993. The van der Waals surface area contributed by atoms with Gasteiger partial charge in [-0.25, -0.2) is 0 Å². The first-order valence-electron chi connectivity index (χ1n) is 7.34. The Kier molecular flexibility index (Phi) is 4.83. The van der Waals surface area contributed by atoms with Gasteiger partial charge in [0.05, 0.1) is 0 Å². The molecule has 0 bridgehead atoms. The van der Waals surface area contributed by atoms with Gasteiger partial charge >= 0.3 is 0 Å². The van der Waals surface area contributed by atoms with Crippen molar-refractivity contribution in [3.8, 4) is 0 Å². The van der Waals surface area contributed by atoms with E-state index in [1.807, 2.05) is 0 Å². The SMILES string of the molecule is CCC1CCCCCN1CC1(N)CCOCC1. The Hall–Kier alpha value is -0.120. The maximum absolute atomic E-state index is 6.54. The predicted molar refractivity (Wildman–Crippen MR) is 71.1 cm³/mol. The van der Waals surface area contributed by atoms with Crippen LogP contribution in [-0.4, -0.2) is 42.8 Å². The standard InChI is InChI=1S/C14H28N2O/c1-2-13-6-4-3-5-9-16(13)12-14(15)7-10-17-11-8-14/h13H,2-12,15H2,1H3. The van der Waals surface area contributed by atoms with E-state index >= 15 is 0 Å². The molecule has 100 valence electrons. The van der Waals surface area contributed by atoms with E-state index in [1.54, 1.807) is 0 Å². The fourth-order valence-electron chi connectivity index (χ4n) is 3.25. The molecular formula is C14H28N2O. The first kappa shape index (κ1) is 13.3. The van der Waals surface area contributed by atoms with Crippen LogP contribution in [0.15, 0.2) is 0 Å². The summed E-state index contributed by atoms with van der Waals surface area (Å²) in [7, 11) is 0. The topological polar surface area (TPSA) is 38.5 Å². The molecule has 3 nitrogen and oxygen atoms in total. The zero-order valence-corrected chi connectivity index (χ0v) is 11.3. The summed E-state index contributed by atoms with van der Waals surface area (Å²) in [5, 5.41) is 0. The summed E-state index contributed by atoms with van der Waals surface area (Å²) < 4.78 is 5.43. The molecule has 2 rings (SSSR count). The summed E-state index contributed by atoms with van der Waals surface area (Å²) in [6.45, 7) is 6.34. The second-order valence-electron chi connectivity index (χ2n) is 5.86. The maximum Gasteiger partial charge on any atom is 0.0484 e. The molecule has 0 spiro atoms. The Morgan fingerprint density at radius 1 is 1.24 bits per heavy atom. The van der Waals surface area contributed by atoms with E-state index in [9.17, 15) is 0 Å². The number of nitrogens with two attached hydrogens (primary N) is 1. The molecule has 1 atom stereocenters. The minimum Gasteiger partial charge on any atom is -0.381 e. The van der Waals surface area contributed by atoms with E-state index in [4.69, 9.17) is 10.5 Å². The molecule has 2 N–H and O–H groups in total. The number of hydrogen-bond acceptors (Lipinski definition) is 3. The molecule has 0 aromatic carbocycles. The lowest BCUT2D eigenvalue weighted by molar-refractivity contribution is 0.0302. The van der Waals surface area contributed by atoms with Gasteiger partial charge in [-0.05, 0) is 38.6 Å². The van der Waals surface area contributed by atoms with Crippen molar-refractivity contribution in [3.05, 3.63) is 0 Å². The monoisotopic (exact) mass is 240 g/mol. The van der Waals surface area contributed by atoms with Crippen molar-refractivity contribution in [2.24, 2.45) is 5.73 Å². The summed E-state index contributed by atoms with van der Waals surface area (Å²) >= 11 is 0. The molecule has 3 heteroatoms. The molecule has 2 aliphatic heterocycles. The molecule has 2 fully saturated rings. The summed E-state index contributed by atoms with van der Waals surface area (Å²) in [6, 6.07) is 0.765. The van der Waals surface area contributed by atoms with Crippen molar-refractivity contribution in [1.82, 2.24) is 4.90 Å². The number of ether oxygens (including phenoxy) is 1. The van der Waals surface area contributed by atoms with Crippen LogP contribution >= 0.6 is 0 Å². The zero-order valence-electron chi connectivity index (χ0n) is 11.3. The van der Waals surface area contributed by atoms with Gasteiger partial charge in [-0.1, -0.05) is 19.8 Å². The first-order valence-corrected chi connectivity index (χ1v) is 7.34. The highest BCUT2D eigenvalue weighted by Gasteiger charge is 2.32. The largest absolute Gasteiger partial charge is 0.381 e. The van der Waals surface area contributed by atoms with Gasteiger partial charge in [0.25, 0.3) is 0 Å². The van der Waals surface area contributed by atoms with Gasteiger partial charge in [0.1, 0.15) is 0 Å². The molecule has 2 aliphatic rings. The van der Waals surface area contributed by atoms with E-state index < -0.39 is 0 Å². The van der Waals surface area contributed by atoms with E-state index in [-0.39, 0.29) is 5.54 Å². The Labute approximate surface area is 106 Å². The van der Waals surface area contributed by atoms with Crippen LogP contribution in [-0.2, 0) is 4.74 Å². The fourth-order valence-corrected chi connectivity index (χ4v) is 3.25. The van der Waals surface area contributed by atoms with Gasteiger partial charge in [0.2, 0.25) is 0 Å². The third-order valence-electron chi connectivity index (χ3n) is 4.48. The van der Waals surface area contributed by atoms with E-state index in [0.29, 0.717) is 0 Å². The highest BCUT2D eigenvalue weighted by Crippen LogP contribution is 2.25. The average Bonchev–Trinajstić information content (AvgIpc) is 2.54. The Morgan fingerprint density at radius 3 is 2.71 bits per heavy atom. The van der Waals surface area contributed by atoms with Crippen LogP contribution in [0.5, 0.6) is 0 Å². The highest BCUT2D eigenvalue weighted by atomic mass is 16.5. The minimum absolute atomic E-state index is 0.00993. The van der Waals surface area contributed by atoms with Gasteiger partial charge in [0.15, 0.2) is 0 Å². The van der Waals surface area contributed by atoms with Crippen LogP contribution in [0.25, 0.3) is 0 Å². The van der Waals surface area contributed by atoms with E-state index in [2.05, 4.69) is 11.8 Å². The molecule has 2 saturated heterocycles. The van der Waals surface area contributed by atoms with Crippen LogP contribution in [0.3, 0.4) is 0 Å². The second-order valence-corrected chi connectivity index (χ2v) is 5.86. The number of nitrogens with zero attached hydrogens (tertiary/aromatic N) is 1. The third kappa shape index (κ3) is 3.67. The predicted octanol–water partition coefficient (Wildman–Crippen LogP) is 2.15. The smallest absolute Gasteiger partial charge is 0.0484 e. The summed E-state index contributed by atoms with van der Waals surface area (Å²) in [6.07, 6.45) is 8.84. The molecule has 2 heterocycles. The van der Waals surface area contributed by atoms with Gasteiger partial charge < -0.3 is 10.5 Å². The summed E-state index contributed by atoms with van der Waals surface area (Å²) in [5.41, 5.74) is 6.55. The lowest BCUT2D eigenvalue weighted by Gasteiger charge is -2.40. The van der Waals surface area contributed by atoms with Crippen LogP contribution < -0.4 is 5.73 Å². The summed E-state index contributed by atoms with van der Waals surface area (Å²) in [5.74, 6) is 0. The number of likely N-dealkylation sites (tertiary alicyclic amines) is 1. The van der Waals surface area contributed by atoms with E-state index in [0.717, 1.165) is 38.6 Å². The molecule has 0 aromatic heterocycles. The molecule has 0 aliphatic carbocycles. The molecule has 17 heavy (non-hydrogen) atoms.